The van der Waals surface area contributed by atoms with Crippen molar-refractivity contribution in [3.8, 4) is 17.1 Å². The van der Waals surface area contributed by atoms with Crippen molar-refractivity contribution in [1.29, 1.82) is 0 Å². The molecule has 1 aliphatic rings. The van der Waals surface area contributed by atoms with Gasteiger partial charge in [0.05, 0.1) is 28.8 Å². The fraction of sp³-hybridized carbons (Fsp3) is 0.412. The van der Waals surface area contributed by atoms with Crippen LogP contribution in [-0.4, -0.2) is 50.0 Å². The number of aromatic nitrogens is 2. The van der Waals surface area contributed by atoms with Gasteiger partial charge in [0.1, 0.15) is 11.6 Å². The number of fused-ring (bicyclic) bond motifs is 1. The van der Waals surface area contributed by atoms with Gasteiger partial charge in [-0.3, -0.25) is 0 Å². The highest BCUT2D eigenvalue weighted by molar-refractivity contribution is 7.82. The molecular formula is C17H22N4O2S. The van der Waals surface area contributed by atoms with Gasteiger partial charge in [-0.15, -0.1) is 0 Å². The predicted octanol–water partition coefficient (Wildman–Crippen LogP) is 1.96. The molecule has 1 N–H and O–H groups in total. The van der Waals surface area contributed by atoms with E-state index < -0.39 is 11.0 Å². The first-order valence-corrected chi connectivity index (χ1v) is 9.27. The van der Waals surface area contributed by atoms with Crippen molar-refractivity contribution in [3.05, 3.63) is 35.5 Å². The molecule has 1 aliphatic heterocycles. The highest BCUT2D eigenvalue weighted by atomic mass is 32.2. The van der Waals surface area contributed by atoms with Crippen LogP contribution in [-0.2, 0) is 24.0 Å². The summed E-state index contributed by atoms with van der Waals surface area (Å²) in [4.78, 5) is 11.3. The third-order valence-corrected chi connectivity index (χ3v) is 5.49. The Morgan fingerprint density at radius 3 is 2.71 bits per heavy atom. The second-order valence-electron chi connectivity index (χ2n) is 5.93. The Morgan fingerprint density at radius 1 is 1.29 bits per heavy atom. The first-order valence-electron chi connectivity index (χ1n) is 8.00. The van der Waals surface area contributed by atoms with Crippen LogP contribution in [0, 0.1) is 0 Å². The summed E-state index contributed by atoms with van der Waals surface area (Å²) in [5.74, 6) is 2.12. The molecule has 0 bridgehead atoms. The summed E-state index contributed by atoms with van der Waals surface area (Å²) in [6.45, 7) is 3.21. The van der Waals surface area contributed by atoms with Crippen molar-refractivity contribution in [2.24, 2.45) is 0 Å². The van der Waals surface area contributed by atoms with Gasteiger partial charge in [0.25, 0.3) is 0 Å². The SMILES string of the molecule is CCS(=O)N1CCc2c(nc(-c3ccccc3O)nc2N(C)C)C1. The molecule has 1 unspecified atom stereocenters. The van der Waals surface area contributed by atoms with E-state index in [2.05, 4.69) is 9.97 Å². The molecule has 1 aromatic heterocycles. The van der Waals surface area contributed by atoms with Crippen LogP contribution in [0.15, 0.2) is 24.3 Å². The third-order valence-electron chi connectivity index (χ3n) is 4.11. The lowest BCUT2D eigenvalue weighted by atomic mass is 10.1. The van der Waals surface area contributed by atoms with Crippen LogP contribution < -0.4 is 4.90 Å². The molecule has 0 aliphatic carbocycles. The zero-order valence-corrected chi connectivity index (χ0v) is 15.0. The summed E-state index contributed by atoms with van der Waals surface area (Å²) in [7, 11) is 2.92. The summed E-state index contributed by atoms with van der Waals surface area (Å²) in [6.07, 6.45) is 0.773. The second-order valence-corrected chi connectivity index (χ2v) is 7.67. The monoisotopic (exact) mass is 346 g/mol. The minimum absolute atomic E-state index is 0.159. The molecule has 2 heterocycles. The van der Waals surface area contributed by atoms with E-state index in [0.29, 0.717) is 23.7 Å². The van der Waals surface area contributed by atoms with Gasteiger partial charge in [0.15, 0.2) is 5.82 Å². The quantitative estimate of drug-likeness (QED) is 0.916. The summed E-state index contributed by atoms with van der Waals surface area (Å²) < 4.78 is 14.1. The number of phenols is 1. The molecule has 1 atom stereocenters. The number of para-hydroxylation sites is 1. The van der Waals surface area contributed by atoms with Crippen LogP contribution in [0.5, 0.6) is 5.75 Å². The Labute approximate surface area is 144 Å². The largest absolute Gasteiger partial charge is 0.507 e. The lowest BCUT2D eigenvalue weighted by molar-refractivity contribution is 0.413. The Balaban J connectivity index is 2.10. The number of nitrogens with zero attached hydrogens (tertiary/aromatic N) is 4. The summed E-state index contributed by atoms with van der Waals surface area (Å²) in [5.41, 5.74) is 2.60. The lowest BCUT2D eigenvalue weighted by Gasteiger charge is -2.29. The van der Waals surface area contributed by atoms with E-state index in [0.717, 1.165) is 30.0 Å². The van der Waals surface area contributed by atoms with E-state index in [-0.39, 0.29) is 5.75 Å². The molecule has 24 heavy (non-hydrogen) atoms. The van der Waals surface area contributed by atoms with Gasteiger partial charge in [0.2, 0.25) is 0 Å². The topological polar surface area (TPSA) is 69.6 Å². The molecule has 0 fully saturated rings. The van der Waals surface area contributed by atoms with E-state index in [1.54, 1.807) is 18.2 Å². The average Bonchev–Trinajstić information content (AvgIpc) is 2.59. The molecule has 0 radical (unpaired) electrons. The van der Waals surface area contributed by atoms with E-state index in [4.69, 9.17) is 0 Å². The first-order chi connectivity index (χ1) is 11.5. The van der Waals surface area contributed by atoms with Crippen molar-refractivity contribution in [2.45, 2.75) is 19.9 Å². The Hall–Kier alpha value is -1.99. The molecule has 3 rings (SSSR count). The molecule has 0 spiro atoms. The molecule has 6 nitrogen and oxygen atoms in total. The maximum Gasteiger partial charge on any atom is 0.165 e. The summed E-state index contributed by atoms with van der Waals surface area (Å²) in [6, 6.07) is 7.06. The van der Waals surface area contributed by atoms with Gasteiger partial charge >= 0.3 is 0 Å². The van der Waals surface area contributed by atoms with Crippen LogP contribution in [0.2, 0.25) is 0 Å². The minimum Gasteiger partial charge on any atom is -0.507 e. The van der Waals surface area contributed by atoms with Crippen LogP contribution >= 0.6 is 0 Å². The van der Waals surface area contributed by atoms with Gasteiger partial charge in [-0.25, -0.2) is 18.5 Å². The summed E-state index contributed by atoms with van der Waals surface area (Å²) >= 11 is 0. The van der Waals surface area contributed by atoms with Crippen molar-refractivity contribution in [1.82, 2.24) is 14.3 Å². The molecule has 128 valence electrons. The predicted molar refractivity (Wildman–Crippen MR) is 96.3 cm³/mol. The molecular weight excluding hydrogens is 324 g/mol. The molecule has 0 saturated carbocycles. The second kappa shape index (κ2) is 6.86. The van der Waals surface area contributed by atoms with Crippen LogP contribution in [0.1, 0.15) is 18.2 Å². The van der Waals surface area contributed by atoms with Gasteiger partial charge in [0, 0.05) is 32.0 Å². The normalized spacial score (nSPS) is 15.8. The Bertz CT molecular complexity index is 779. The number of hydrogen-bond donors (Lipinski definition) is 1. The number of anilines is 1. The van der Waals surface area contributed by atoms with Gasteiger partial charge < -0.3 is 10.0 Å². The fourth-order valence-electron chi connectivity index (χ4n) is 2.90. The zero-order valence-electron chi connectivity index (χ0n) is 14.2. The number of rotatable bonds is 4. The Morgan fingerprint density at radius 2 is 2.04 bits per heavy atom. The zero-order chi connectivity index (χ0) is 17.3. The smallest absolute Gasteiger partial charge is 0.165 e. The van der Waals surface area contributed by atoms with E-state index in [9.17, 15) is 9.32 Å². The molecule has 0 amide bonds. The highest BCUT2D eigenvalue weighted by Crippen LogP contribution is 2.32. The number of aromatic hydroxyl groups is 1. The third kappa shape index (κ3) is 3.14. The van der Waals surface area contributed by atoms with Crippen molar-refractivity contribution < 1.29 is 9.32 Å². The van der Waals surface area contributed by atoms with Crippen molar-refractivity contribution in [3.63, 3.8) is 0 Å². The van der Waals surface area contributed by atoms with Crippen LogP contribution in [0.4, 0.5) is 5.82 Å². The molecule has 1 aromatic carbocycles. The van der Waals surface area contributed by atoms with Crippen LogP contribution in [0.25, 0.3) is 11.4 Å². The molecule has 0 saturated heterocycles. The summed E-state index contributed by atoms with van der Waals surface area (Å²) in [5, 5.41) is 10.1. The van der Waals surface area contributed by atoms with Gasteiger partial charge in [-0.05, 0) is 18.6 Å². The van der Waals surface area contributed by atoms with Crippen molar-refractivity contribution >= 4 is 16.8 Å². The van der Waals surface area contributed by atoms with Crippen molar-refractivity contribution in [2.75, 3.05) is 31.3 Å². The first kappa shape index (κ1) is 16.9. The maximum atomic E-state index is 12.1. The number of phenolic OH excluding ortho intramolecular Hbond substituents is 1. The molecule has 2 aromatic rings. The minimum atomic E-state index is -0.984. The Kier molecular flexibility index (Phi) is 4.82. The van der Waals surface area contributed by atoms with E-state index in [1.165, 1.54) is 0 Å². The fourth-order valence-corrected chi connectivity index (χ4v) is 3.82. The highest BCUT2D eigenvalue weighted by Gasteiger charge is 2.26. The van der Waals surface area contributed by atoms with E-state index >= 15 is 0 Å². The van der Waals surface area contributed by atoms with Crippen LogP contribution in [0.3, 0.4) is 0 Å². The van der Waals surface area contributed by atoms with Gasteiger partial charge in [-0.2, -0.15) is 0 Å². The van der Waals surface area contributed by atoms with E-state index in [1.807, 2.05) is 36.3 Å². The average molecular weight is 346 g/mol. The maximum absolute atomic E-state index is 12.1. The van der Waals surface area contributed by atoms with Gasteiger partial charge in [-0.1, -0.05) is 19.1 Å². The number of hydrogen-bond acceptors (Lipinski definition) is 5. The lowest BCUT2D eigenvalue weighted by Crippen LogP contribution is -2.35. The number of benzene rings is 1. The standard InChI is InChI=1S/C17H22N4O2S/c1-4-24(23)21-10-9-12-14(11-21)18-16(19-17(12)20(2)3)13-7-5-6-8-15(13)22/h5-8,22H,4,9-11H2,1-3H3. The molecule has 7 heteroatoms.